The highest BCUT2D eigenvalue weighted by Crippen LogP contribution is 2.34. The molecule has 1 aliphatic rings. The highest BCUT2D eigenvalue weighted by molar-refractivity contribution is 8.18. The van der Waals surface area contributed by atoms with Crippen LogP contribution in [-0.2, 0) is 9.53 Å². The van der Waals surface area contributed by atoms with Gasteiger partial charge in [-0.25, -0.2) is 4.79 Å². The fourth-order valence-corrected chi connectivity index (χ4v) is 4.34. The lowest BCUT2D eigenvalue weighted by Crippen LogP contribution is -2.34. The van der Waals surface area contributed by atoms with E-state index in [1.807, 2.05) is 50.5 Å². The number of amides is 2. The Kier molecular flexibility index (Phi) is 5.98. The van der Waals surface area contributed by atoms with Gasteiger partial charge in [-0.1, -0.05) is 6.07 Å². The maximum absolute atomic E-state index is 12.6. The summed E-state index contributed by atoms with van der Waals surface area (Å²) in [6, 6.07) is 9.03. The lowest BCUT2D eigenvalue weighted by molar-refractivity contribution is -0.123. The van der Waals surface area contributed by atoms with Crippen LogP contribution in [0.3, 0.4) is 0 Å². The van der Waals surface area contributed by atoms with Gasteiger partial charge in [-0.2, -0.15) is 0 Å². The van der Waals surface area contributed by atoms with Gasteiger partial charge in [-0.15, -0.1) is 0 Å². The summed E-state index contributed by atoms with van der Waals surface area (Å²) in [5.74, 6) is -0.622. The Morgan fingerprint density at radius 3 is 2.55 bits per heavy atom. The van der Waals surface area contributed by atoms with E-state index in [-0.39, 0.29) is 23.2 Å². The number of nitrogens with zero attached hydrogens (tertiary/aromatic N) is 2. The summed E-state index contributed by atoms with van der Waals surface area (Å²) in [6.07, 6.45) is 1.77. The second-order valence-corrected chi connectivity index (χ2v) is 8.07. The highest BCUT2D eigenvalue weighted by atomic mass is 32.2. The smallest absolute Gasteiger partial charge is 0.338 e. The lowest BCUT2D eigenvalue weighted by Gasteiger charge is -2.16. The summed E-state index contributed by atoms with van der Waals surface area (Å²) in [5.41, 5.74) is 4.05. The van der Waals surface area contributed by atoms with E-state index in [0.29, 0.717) is 17.1 Å². The van der Waals surface area contributed by atoms with E-state index >= 15 is 0 Å². The minimum Gasteiger partial charge on any atom is -0.462 e. The number of carbonyl (C=O) groups is 3. The van der Waals surface area contributed by atoms with Crippen LogP contribution < -0.4 is 0 Å². The van der Waals surface area contributed by atoms with Crippen LogP contribution in [0.15, 0.2) is 35.2 Å². The van der Waals surface area contributed by atoms with E-state index in [0.717, 1.165) is 34.4 Å². The summed E-state index contributed by atoms with van der Waals surface area (Å²) < 4.78 is 7.10. The van der Waals surface area contributed by atoms with Crippen LogP contribution in [0.2, 0.25) is 0 Å². The van der Waals surface area contributed by atoms with Crippen molar-refractivity contribution in [2.24, 2.45) is 0 Å². The van der Waals surface area contributed by atoms with Crippen LogP contribution in [0.5, 0.6) is 0 Å². The molecule has 1 saturated heterocycles. The zero-order chi connectivity index (χ0) is 21.3. The Balaban J connectivity index is 1.99. The van der Waals surface area contributed by atoms with Crippen molar-refractivity contribution in [1.82, 2.24) is 9.47 Å². The largest absolute Gasteiger partial charge is 0.462 e. The topological polar surface area (TPSA) is 68.6 Å². The molecule has 29 heavy (non-hydrogen) atoms. The molecule has 1 aromatic carbocycles. The first-order valence-electron chi connectivity index (χ1n) is 9.48. The third kappa shape index (κ3) is 4.00. The monoisotopic (exact) mass is 412 g/mol. The minimum atomic E-state index is -0.362. The number of aryl methyl sites for hydroxylation is 1. The number of esters is 1. The maximum atomic E-state index is 12.6. The molecule has 6 nitrogen and oxygen atoms in total. The van der Waals surface area contributed by atoms with Gasteiger partial charge >= 0.3 is 5.97 Å². The predicted molar refractivity (Wildman–Crippen MR) is 114 cm³/mol. The molecule has 0 saturated carbocycles. The first kappa shape index (κ1) is 20.9. The first-order chi connectivity index (χ1) is 13.7. The molecule has 2 amide bonds. The van der Waals surface area contributed by atoms with Gasteiger partial charge in [0.15, 0.2) is 0 Å². The quantitative estimate of drug-likeness (QED) is 0.525. The van der Waals surface area contributed by atoms with Crippen LogP contribution in [0.4, 0.5) is 4.79 Å². The fourth-order valence-electron chi connectivity index (χ4n) is 3.38. The Bertz CT molecular complexity index is 1020. The Hall–Kier alpha value is -2.80. The summed E-state index contributed by atoms with van der Waals surface area (Å²) in [4.78, 5) is 38.5. The van der Waals surface area contributed by atoms with Gasteiger partial charge in [0.1, 0.15) is 0 Å². The molecule has 0 atom stereocenters. The Morgan fingerprint density at radius 1 is 1.21 bits per heavy atom. The number of aromatic nitrogens is 1. The summed E-state index contributed by atoms with van der Waals surface area (Å²) in [6.45, 7) is 9.64. The number of imide groups is 1. The number of benzene rings is 1. The average Bonchev–Trinajstić information content (AvgIpc) is 3.10. The molecular weight excluding hydrogens is 388 g/mol. The molecule has 152 valence electrons. The second-order valence-electron chi connectivity index (χ2n) is 7.08. The lowest BCUT2D eigenvalue weighted by atomic mass is 10.2. The van der Waals surface area contributed by atoms with Gasteiger partial charge in [-0.3, -0.25) is 14.5 Å². The number of ether oxygens (including phenoxy) is 1. The molecule has 2 aromatic rings. The minimum absolute atomic E-state index is 0.175. The molecule has 7 heteroatoms. The van der Waals surface area contributed by atoms with E-state index in [1.54, 1.807) is 25.1 Å². The third-order valence-corrected chi connectivity index (χ3v) is 5.60. The SMILES string of the molecule is CCOC(=O)c1cccc(-n2c(C)cc(C=C3SC(=O)N(C(C)C)C3=O)c2C)c1. The second kappa shape index (κ2) is 8.29. The number of hydrogen-bond acceptors (Lipinski definition) is 5. The first-order valence-corrected chi connectivity index (χ1v) is 10.3. The molecule has 2 heterocycles. The van der Waals surface area contributed by atoms with Gasteiger partial charge in [0.05, 0.1) is 17.1 Å². The number of hydrogen-bond donors (Lipinski definition) is 0. The number of carbonyl (C=O) groups excluding carboxylic acids is 3. The van der Waals surface area contributed by atoms with Crippen molar-refractivity contribution in [3.63, 3.8) is 0 Å². The molecule has 0 bridgehead atoms. The van der Waals surface area contributed by atoms with Crippen molar-refractivity contribution in [3.8, 4) is 5.69 Å². The van der Waals surface area contributed by atoms with E-state index in [4.69, 9.17) is 4.74 Å². The van der Waals surface area contributed by atoms with Crippen LogP contribution in [-0.4, -0.2) is 39.2 Å². The summed E-state index contributed by atoms with van der Waals surface area (Å²) in [5, 5.41) is -0.243. The van der Waals surface area contributed by atoms with E-state index in [9.17, 15) is 14.4 Å². The van der Waals surface area contributed by atoms with Crippen LogP contribution in [0, 0.1) is 13.8 Å². The Labute approximate surface area is 174 Å². The molecule has 3 rings (SSSR count). The van der Waals surface area contributed by atoms with Crippen LogP contribution in [0.25, 0.3) is 11.8 Å². The molecule has 0 aliphatic carbocycles. The molecule has 0 N–H and O–H groups in total. The van der Waals surface area contributed by atoms with Crippen LogP contribution >= 0.6 is 11.8 Å². The average molecular weight is 413 g/mol. The number of rotatable bonds is 5. The summed E-state index contributed by atoms with van der Waals surface area (Å²) >= 11 is 0.965. The molecule has 1 aliphatic heterocycles. The van der Waals surface area contributed by atoms with Crippen molar-refractivity contribution < 1.29 is 19.1 Å². The molecular formula is C22H24N2O4S. The van der Waals surface area contributed by atoms with E-state index in [1.165, 1.54) is 4.90 Å². The zero-order valence-corrected chi connectivity index (χ0v) is 18.0. The zero-order valence-electron chi connectivity index (χ0n) is 17.2. The molecule has 1 aromatic heterocycles. The van der Waals surface area contributed by atoms with Gasteiger partial charge in [0.2, 0.25) is 0 Å². The van der Waals surface area contributed by atoms with Gasteiger partial charge in [0, 0.05) is 23.1 Å². The van der Waals surface area contributed by atoms with Gasteiger partial charge < -0.3 is 9.30 Å². The van der Waals surface area contributed by atoms with E-state index < -0.39 is 0 Å². The van der Waals surface area contributed by atoms with Crippen molar-refractivity contribution in [2.45, 2.75) is 40.7 Å². The van der Waals surface area contributed by atoms with Crippen molar-refractivity contribution >= 4 is 35.0 Å². The molecule has 1 fully saturated rings. The van der Waals surface area contributed by atoms with Crippen LogP contribution in [0.1, 0.15) is 48.1 Å². The van der Waals surface area contributed by atoms with Crippen molar-refractivity contribution in [3.05, 3.63) is 57.8 Å². The van der Waals surface area contributed by atoms with Crippen molar-refractivity contribution in [1.29, 1.82) is 0 Å². The standard InChI is InChI=1S/C22H24N2O4S/c1-6-28-21(26)16-8-7-9-18(11-16)24-14(4)10-17(15(24)5)12-19-20(25)23(13(2)3)22(27)29-19/h7-13H,6H2,1-5H3. The highest BCUT2D eigenvalue weighted by Gasteiger charge is 2.36. The Morgan fingerprint density at radius 2 is 1.93 bits per heavy atom. The van der Waals surface area contributed by atoms with E-state index in [2.05, 4.69) is 0 Å². The molecule has 0 unspecified atom stereocenters. The molecule has 0 radical (unpaired) electrons. The van der Waals surface area contributed by atoms with Gasteiger partial charge in [0.25, 0.3) is 11.1 Å². The number of thioether (sulfide) groups is 1. The normalized spacial score (nSPS) is 15.7. The summed E-state index contributed by atoms with van der Waals surface area (Å²) in [7, 11) is 0. The van der Waals surface area contributed by atoms with Gasteiger partial charge in [-0.05, 0) is 82.3 Å². The fraction of sp³-hybridized carbons (Fsp3) is 0.318. The predicted octanol–water partition coefficient (Wildman–Crippen LogP) is 4.72. The third-order valence-electron chi connectivity index (χ3n) is 4.71. The molecule has 0 spiro atoms. The maximum Gasteiger partial charge on any atom is 0.338 e. The van der Waals surface area contributed by atoms with Crippen molar-refractivity contribution in [2.75, 3.05) is 6.61 Å².